The van der Waals surface area contributed by atoms with Gasteiger partial charge in [0.1, 0.15) is 5.75 Å². The van der Waals surface area contributed by atoms with Gasteiger partial charge in [0, 0.05) is 0 Å². The Kier molecular flexibility index (Phi) is 5.31. The molecule has 5 rings (SSSR count). The largest absolute Gasteiger partial charge is 0.423 e. The van der Waals surface area contributed by atoms with Gasteiger partial charge in [0.25, 0.3) is 0 Å². The first-order valence-electron chi connectivity index (χ1n) is 10.9. The van der Waals surface area contributed by atoms with Gasteiger partial charge in [0.15, 0.2) is 0 Å². The third kappa shape index (κ3) is 3.71. The summed E-state index contributed by atoms with van der Waals surface area (Å²) in [5.41, 5.74) is 2.09. The van der Waals surface area contributed by atoms with Crippen molar-refractivity contribution in [1.29, 1.82) is 0 Å². The van der Waals surface area contributed by atoms with Gasteiger partial charge < -0.3 is 4.74 Å². The van der Waals surface area contributed by atoms with E-state index in [2.05, 4.69) is 12.1 Å². The smallest absolute Gasteiger partial charge is 0.343 e. The molecule has 0 bridgehead atoms. The number of carbonyl (C=O) groups is 3. The average Bonchev–Trinajstić information content (AvgIpc) is 3.09. The van der Waals surface area contributed by atoms with Gasteiger partial charge in [-0.1, -0.05) is 48.5 Å². The van der Waals surface area contributed by atoms with E-state index in [4.69, 9.17) is 4.74 Å². The minimum absolute atomic E-state index is 0.133. The number of ether oxygens (including phenoxy) is 1. The highest BCUT2D eigenvalue weighted by Gasteiger charge is 2.50. The van der Waals surface area contributed by atoms with Crippen molar-refractivity contribution in [3.8, 4) is 5.75 Å². The third-order valence-corrected chi connectivity index (χ3v) is 6.51. The molecule has 1 heterocycles. The Bertz CT molecular complexity index is 1140. The van der Waals surface area contributed by atoms with Crippen LogP contribution in [0.1, 0.15) is 41.1 Å². The van der Waals surface area contributed by atoms with E-state index in [-0.39, 0.29) is 23.7 Å². The highest BCUT2D eigenvalue weighted by Crippen LogP contribution is 2.45. The molecule has 2 fully saturated rings. The van der Waals surface area contributed by atoms with E-state index in [0.717, 1.165) is 6.42 Å². The quantitative estimate of drug-likeness (QED) is 0.336. The zero-order valence-electron chi connectivity index (χ0n) is 17.5. The summed E-state index contributed by atoms with van der Waals surface area (Å²) in [5, 5.41) is 0. The fourth-order valence-electron chi connectivity index (χ4n) is 4.86. The van der Waals surface area contributed by atoms with E-state index in [1.165, 1.54) is 10.5 Å². The van der Waals surface area contributed by atoms with Gasteiger partial charge in [0.05, 0.1) is 23.1 Å². The molecule has 2 amide bonds. The first kappa shape index (κ1) is 20.2. The molecule has 5 nitrogen and oxygen atoms in total. The van der Waals surface area contributed by atoms with E-state index >= 15 is 0 Å². The van der Waals surface area contributed by atoms with Crippen LogP contribution in [0.25, 0.3) is 0 Å². The van der Waals surface area contributed by atoms with Crippen molar-refractivity contribution in [3.63, 3.8) is 0 Å². The maximum Gasteiger partial charge on any atom is 0.343 e. The van der Waals surface area contributed by atoms with E-state index in [0.29, 0.717) is 35.8 Å². The number of fused-ring (bicyclic) bond motifs is 1. The maximum absolute atomic E-state index is 13.2. The first-order chi connectivity index (χ1) is 15.6. The number of anilines is 1. The van der Waals surface area contributed by atoms with E-state index in [1.807, 2.05) is 24.3 Å². The molecule has 160 valence electrons. The molecule has 1 aliphatic heterocycles. The number of esters is 1. The number of hydrogen-bond acceptors (Lipinski definition) is 4. The van der Waals surface area contributed by atoms with Crippen molar-refractivity contribution < 1.29 is 19.1 Å². The zero-order chi connectivity index (χ0) is 22.1. The Morgan fingerprint density at radius 2 is 1.38 bits per heavy atom. The van der Waals surface area contributed by atoms with E-state index < -0.39 is 5.97 Å². The number of benzene rings is 3. The minimum atomic E-state index is -0.485. The van der Waals surface area contributed by atoms with Gasteiger partial charge in [-0.25, -0.2) is 4.79 Å². The second-order valence-electron chi connectivity index (χ2n) is 8.39. The van der Waals surface area contributed by atoms with Crippen LogP contribution in [0.4, 0.5) is 5.69 Å². The molecule has 0 N–H and O–H groups in total. The molecule has 3 atom stereocenters. The van der Waals surface area contributed by atoms with Crippen molar-refractivity contribution in [2.45, 2.75) is 25.2 Å². The van der Waals surface area contributed by atoms with Gasteiger partial charge >= 0.3 is 5.97 Å². The zero-order valence-corrected chi connectivity index (χ0v) is 17.5. The average molecular weight is 425 g/mol. The minimum Gasteiger partial charge on any atom is -0.423 e. The molecule has 1 saturated carbocycles. The Balaban J connectivity index is 1.31. The fraction of sp³-hybridized carbons (Fsp3) is 0.222. The Morgan fingerprint density at radius 3 is 2.06 bits per heavy atom. The monoisotopic (exact) mass is 425 g/mol. The normalized spacial score (nSPS) is 22.5. The van der Waals surface area contributed by atoms with Crippen LogP contribution in [0.5, 0.6) is 5.75 Å². The Hall–Kier alpha value is -3.73. The number of amides is 2. The molecule has 5 heteroatoms. The van der Waals surface area contributed by atoms with Crippen LogP contribution in [0.3, 0.4) is 0 Å². The van der Waals surface area contributed by atoms with Crippen molar-refractivity contribution in [2.75, 3.05) is 4.90 Å². The van der Waals surface area contributed by atoms with Crippen molar-refractivity contribution in [1.82, 2.24) is 0 Å². The molecule has 0 aromatic heterocycles. The Morgan fingerprint density at radius 1 is 0.750 bits per heavy atom. The molecule has 3 aromatic rings. The second kappa shape index (κ2) is 8.42. The molecule has 0 radical (unpaired) electrons. The predicted molar refractivity (Wildman–Crippen MR) is 120 cm³/mol. The summed E-state index contributed by atoms with van der Waals surface area (Å²) >= 11 is 0. The van der Waals surface area contributed by atoms with Gasteiger partial charge in [-0.2, -0.15) is 0 Å². The van der Waals surface area contributed by atoms with Crippen LogP contribution >= 0.6 is 0 Å². The lowest BCUT2D eigenvalue weighted by atomic mass is 9.73. The van der Waals surface area contributed by atoms with Crippen LogP contribution in [0.2, 0.25) is 0 Å². The standard InChI is InChI=1S/C27H23NO4/c29-25-23-16-13-20(18-7-3-1-4-8-18)17-24(23)26(30)28(25)21-14-11-19(12-15-21)27(31)32-22-9-5-2-6-10-22/h1-12,14-15,20,23-24H,13,16-17H2/t20-,23+,24+/m0/s1. The molecule has 32 heavy (non-hydrogen) atoms. The van der Waals surface area contributed by atoms with E-state index in [9.17, 15) is 14.4 Å². The number of para-hydroxylation sites is 1. The molecule has 3 aromatic carbocycles. The van der Waals surface area contributed by atoms with E-state index in [1.54, 1.807) is 48.5 Å². The van der Waals surface area contributed by atoms with Crippen LogP contribution in [-0.4, -0.2) is 17.8 Å². The maximum atomic E-state index is 13.2. The number of nitrogens with zero attached hydrogens (tertiary/aromatic N) is 1. The van der Waals surface area contributed by atoms with Gasteiger partial charge in [-0.15, -0.1) is 0 Å². The summed E-state index contributed by atoms with van der Waals surface area (Å²) in [4.78, 5) is 40.0. The second-order valence-corrected chi connectivity index (χ2v) is 8.39. The Labute approximate surface area is 186 Å². The number of imide groups is 1. The molecule has 2 aliphatic rings. The summed E-state index contributed by atoms with van der Waals surface area (Å²) in [6, 6.07) is 25.5. The van der Waals surface area contributed by atoms with Crippen LogP contribution < -0.4 is 9.64 Å². The molecule has 0 spiro atoms. The lowest BCUT2D eigenvalue weighted by molar-refractivity contribution is -0.122. The predicted octanol–water partition coefficient (Wildman–Crippen LogP) is 4.98. The first-order valence-corrected chi connectivity index (χ1v) is 10.9. The summed E-state index contributed by atoms with van der Waals surface area (Å²) in [6.45, 7) is 0. The SMILES string of the molecule is O=C(Oc1ccccc1)c1ccc(N2C(=O)[C@@H]3CC[C@H](c4ccccc4)C[C@H]3C2=O)cc1. The lowest BCUT2D eigenvalue weighted by Gasteiger charge is -2.28. The summed E-state index contributed by atoms with van der Waals surface area (Å²) in [5.74, 6) is -0.547. The highest BCUT2D eigenvalue weighted by atomic mass is 16.5. The van der Waals surface area contributed by atoms with Crippen molar-refractivity contribution in [3.05, 3.63) is 96.1 Å². The summed E-state index contributed by atoms with van der Waals surface area (Å²) in [7, 11) is 0. The third-order valence-electron chi connectivity index (χ3n) is 6.51. The number of carbonyl (C=O) groups excluding carboxylic acids is 3. The van der Waals surface area contributed by atoms with Crippen LogP contribution in [-0.2, 0) is 9.59 Å². The van der Waals surface area contributed by atoms with Gasteiger partial charge in [0.2, 0.25) is 11.8 Å². The number of hydrogen-bond donors (Lipinski definition) is 0. The summed E-state index contributed by atoms with van der Waals surface area (Å²) < 4.78 is 5.35. The van der Waals surface area contributed by atoms with Gasteiger partial charge in [-0.3, -0.25) is 14.5 Å². The molecule has 1 saturated heterocycles. The highest BCUT2D eigenvalue weighted by molar-refractivity contribution is 6.22. The molecule has 1 aliphatic carbocycles. The van der Waals surface area contributed by atoms with Crippen LogP contribution in [0, 0.1) is 11.8 Å². The van der Waals surface area contributed by atoms with Crippen molar-refractivity contribution in [2.24, 2.45) is 11.8 Å². The van der Waals surface area contributed by atoms with Gasteiger partial charge in [-0.05, 0) is 67.1 Å². The molecular weight excluding hydrogens is 402 g/mol. The summed E-state index contributed by atoms with van der Waals surface area (Å²) in [6.07, 6.45) is 2.31. The molecular formula is C27H23NO4. The number of rotatable bonds is 4. The lowest BCUT2D eigenvalue weighted by Crippen LogP contribution is -2.30. The van der Waals surface area contributed by atoms with Crippen molar-refractivity contribution >= 4 is 23.5 Å². The molecule has 0 unspecified atom stereocenters. The fourth-order valence-corrected chi connectivity index (χ4v) is 4.86. The van der Waals surface area contributed by atoms with Crippen LogP contribution in [0.15, 0.2) is 84.9 Å². The topological polar surface area (TPSA) is 63.7 Å².